The molecular formula is C12H10Cl2N2. The van der Waals surface area contributed by atoms with E-state index in [0.717, 1.165) is 10.9 Å². The van der Waals surface area contributed by atoms with Gasteiger partial charge in [-0.1, -0.05) is 12.1 Å². The zero-order chi connectivity index (χ0) is 9.38. The van der Waals surface area contributed by atoms with Gasteiger partial charge < -0.3 is 0 Å². The van der Waals surface area contributed by atoms with E-state index in [1.807, 2.05) is 36.8 Å². The topological polar surface area (TPSA) is 25.8 Å². The van der Waals surface area contributed by atoms with Crippen LogP contribution in [0, 0.1) is 0 Å². The molecular weight excluding hydrogens is 243 g/mol. The molecule has 1 aromatic carbocycles. The Bertz CT molecular complexity index is 556. The highest BCUT2D eigenvalue weighted by Crippen LogP contribution is 2.22. The van der Waals surface area contributed by atoms with E-state index in [1.54, 1.807) is 0 Å². The maximum atomic E-state index is 4.31. The Kier molecular flexibility index (Phi) is 4.05. The monoisotopic (exact) mass is 252 g/mol. The summed E-state index contributed by atoms with van der Waals surface area (Å²) in [5.74, 6) is 0. The summed E-state index contributed by atoms with van der Waals surface area (Å²) >= 11 is 0. The molecule has 0 spiro atoms. The predicted molar refractivity (Wildman–Crippen MR) is 71.5 cm³/mol. The van der Waals surface area contributed by atoms with Crippen LogP contribution < -0.4 is 0 Å². The Morgan fingerprint density at radius 2 is 1.69 bits per heavy atom. The van der Waals surface area contributed by atoms with Gasteiger partial charge >= 0.3 is 0 Å². The molecule has 0 aliphatic rings. The van der Waals surface area contributed by atoms with E-state index in [4.69, 9.17) is 0 Å². The zero-order valence-electron chi connectivity index (χ0n) is 8.33. The molecule has 0 aliphatic carbocycles. The SMILES string of the molecule is Cl.Cl.c1cnc2ccc3cnccc3c2c1. The maximum Gasteiger partial charge on any atom is 0.0708 e. The summed E-state index contributed by atoms with van der Waals surface area (Å²) in [6.07, 6.45) is 5.51. The van der Waals surface area contributed by atoms with Gasteiger partial charge in [-0.3, -0.25) is 9.97 Å². The molecule has 0 unspecified atom stereocenters. The first kappa shape index (κ1) is 12.7. The van der Waals surface area contributed by atoms with E-state index in [2.05, 4.69) is 22.1 Å². The van der Waals surface area contributed by atoms with Gasteiger partial charge in [-0.25, -0.2) is 0 Å². The summed E-state index contributed by atoms with van der Waals surface area (Å²) in [5.41, 5.74) is 1.03. The van der Waals surface area contributed by atoms with Gasteiger partial charge in [0.05, 0.1) is 5.52 Å². The van der Waals surface area contributed by atoms with Crippen molar-refractivity contribution in [3.8, 4) is 0 Å². The van der Waals surface area contributed by atoms with Gasteiger partial charge in [0.2, 0.25) is 0 Å². The van der Waals surface area contributed by atoms with Crippen molar-refractivity contribution >= 4 is 46.5 Å². The fraction of sp³-hybridized carbons (Fsp3) is 0. The first-order valence-electron chi connectivity index (χ1n) is 4.52. The van der Waals surface area contributed by atoms with Gasteiger partial charge in [-0.05, 0) is 23.6 Å². The molecule has 3 rings (SSSR count). The fourth-order valence-corrected chi connectivity index (χ4v) is 1.73. The average molecular weight is 253 g/mol. The molecule has 0 radical (unpaired) electrons. The van der Waals surface area contributed by atoms with E-state index in [0.29, 0.717) is 0 Å². The van der Waals surface area contributed by atoms with Crippen molar-refractivity contribution in [3.63, 3.8) is 0 Å². The lowest BCUT2D eigenvalue weighted by Gasteiger charge is -2.01. The maximum absolute atomic E-state index is 4.31. The number of pyridine rings is 2. The summed E-state index contributed by atoms with van der Waals surface area (Å²) in [5, 5.41) is 3.56. The lowest BCUT2D eigenvalue weighted by atomic mass is 10.1. The molecule has 3 aromatic rings. The molecule has 0 bridgehead atoms. The third-order valence-electron chi connectivity index (χ3n) is 2.40. The largest absolute Gasteiger partial charge is 0.264 e. The molecule has 0 aliphatic heterocycles. The van der Waals surface area contributed by atoms with E-state index in [-0.39, 0.29) is 24.8 Å². The van der Waals surface area contributed by atoms with Crippen molar-refractivity contribution < 1.29 is 0 Å². The van der Waals surface area contributed by atoms with E-state index in [1.165, 1.54) is 10.8 Å². The van der Waals surface area contributed by atoms with E-state index in [9.17, 15) is 0 Å². The van der Waals surface area contributed by atoms with Crippen LogP contribution >= 0.6 is 24.8 Å². The average Bonchev–Trinajstić information content (AvgIpc) is 2.29. The number of benzene rings is 1. The molecule has 2 nitrogen and oxygen atoms in total. The summed E-state index contributed by atoms with van der Waals surface area (Å²) in [4.78, 5) is 8.41. The quantitative estimate of drug-likeness (QED) is 0.572. The molecule has 2 heterocycles. The van der Waals surface area contributed by atoms with Crippen LogP contribution in [-0.2, 0) is 0 Å². The second-order valence-electron chi connectivity index (χ2n) is 3.23. The highest BCUT2D eigenvalue weighted by atomic mass is 35.5. The van der Waals surface area contributed by atoms with Crippen molar-refractivity contribution in [2.75, 3.05) is 0 Å². The molecule has 0 saturated heterocycles. The number of halogens is 2. The highest BCUT2D eigenvalue weighted by molar-refractivity contribution is 6.05. The third-order valence-corrected chi connectivity index (χ3v) is 2.40. The smallest absolute Gasteiger partial charge is 0.0708 e. The van der Waals surface area contributed by atoms with E-state index < -0.39 is 0 Å². The highest BCUT2D eigenvalue weighted by Gasteiger charge is 1.98. The normalized spacial score (nSPS) is 9.50. The molecule has 82 valence electrons. The molecule has 0 atom stereocenters. The van der Waals surface area contributed by atoms with Crippen LogP contribution in [0.1, 0.15) is 0 Å². The predicted octanol–water partition coefficient (Wildman–Crippen LogP) is 3.63. The number of hydrogen-bond acceptors (Lipinski definition) is 2. The van der Waals surface area contributed by atoms with Gasteiger partial charge in [0, 0.05) is 29.4 Å². The molecule has 0 N–H and O–H groups in total. The van der Waals surface area contributed by atoms with Gasteiger partial charge in [0.15, 0.2) is 0 Å². The Morgan fingerprint density at radius 3 is 2.56 bits per heavy atom. The molecule has 16 heavy (non-hydrogen) atoms. The summed E-state index contributed by atoms with van der Waals surface area (Å²) in [7, 11) is 0. The first-order valence-corrected chi connectivity index (χ1v) is 4.52. The molecule has 4 heteroatoms. The van der Waals surface area contributed by atoms with Crippen LogP contribution in [0.2, 0.25) is 0 Å². The van der Waals surface area contributed by atoms with Gasteiger partial charge in [0.1, 0.15) is 0 Å². The minimum atomic E-state index is 0. The molecule has 0 fully saturated rings. The van der Waals surface area contributed by atoms with Crippen LogP contribution in [0.25, 0.3) is 21.7 Å². The van der Waals surface area contributed by atoms with Gasteiger partial charge in [-0.2, -0.15) is 0 Å². The van der Waals surface area contributed by atoms with Crippen LogP contribution in [0.15, 0.2) is 48.9 Å². The first-order chi connectivity index (χ1) is 6.95. The van der Waals surface area contributed by atoms with Crippen molar-refractivity contribution in [2.24, 2.45) is 0 Å². The van der Waals surface area contributed by atoms with Crippen molar-refractivity contribution in [1.29, 1.82) is 0 Å². The number of rotatable bonds is 0. The number of aromatic nitrogens is 2. The van der Waals surface area contributed by atoms with Crippen molar-refractivity contribution in [2.45, 2.75) is 0 Å². The minimum absolute atomic E-state index is 0. The standard InChI is InChI=1S/C12H8N2.2ClH/c1-2-11-10-5-7-13-8-9(10)3-4-12(11)14-6-1;;/h1-8H;2*1H. The van der Waals surface area contributed by atoms with E-state index >= 15 is 0 Å². The summed E-state index contributed by atoms with van der Waals surface area (Å²) in [6.45, 7) is 0. The second kappa shape index (κ2) is 5.10. The lowest BCUT2D eigenvalue weighted by molar-refractivity contribution is 1.36. The Balaban J connectivity index is 0.000000640. The van der Waals surface area contributed by atoms with Crippen molar-refractivity contribution in [3.05, 3.63) is 48.9 Å². The lowest BCUT2D eigenvalue weighted by Crippen LogP contribution is -1.80. The molecule has 0 amide bonds. The minimum Gasteiger partial charge on any atom is -0.264 e. The van der Waals surface area contributed by atoms with Crippen LogP contribution in [0.4, 0.5) is 0 Å². The molecule has 2 aromatic heterocycles. The fourth-order valence-electron chi connectivity index (χ4n) is 1.73. The number of nitrogens with zero attached hydrogens (tertiary/aromatic N) is 2. The Hall–Kier alpha value is -1.38. The summed E-state index contributed by atoms with van der Waals surface area (Å²) < 4.78 is 0. The number of hydrogen-bond donors (Lipinski definition) is 0. The third kappa shape index (κ3) is 1.94. The van der Waals surface area contributed by atoms with Crippen LogP contribution in [0.3, 0.4) is 0 Å². The van der Waals surface area contributed by atoms with Gasteiger partial charge in [-0.15, -0.1) is 24.8 Å². The number of fused-ring (bicyclic) bond motifs is 3. The zero-order valence-corrected chi connectivity index (χ0v) is 9.96. The Morgan fingerprint density at radius 1 is 0.812 bits per heavy atom. The second-order valence-corrected chi connectivity index (χ2v) is 3.23. The Labute approximate surface area is 106 Å². The van der Waals surface area contributed by atoms with Crippen LogP contribution in [-0.4, -0.2) is 9.97 Å². The van der Waals surface area contributed by atoms with Gasteiger partial charge in [0.25, 0.3) is 0 Å². The summed E-state index contributed by atoms with van der Waals surface area (Å²) in [6, 6.07) is 10.2. The van der Waals surface area contributed by atoms with Crippen molar-refractivity contribution in [1.82, 2.24) is 9.97 Å². The van der Waals surface area contributed by atoms with Crippen LogP contribution in [0.5, 0.6) is 0 Å². The molecule has 0 saturated carbocycles.